The minimum Gasteiger partial charge on any atom is -0.463 e. The molecule has 1 amide bonds. The van der Waals surface area contributed by atoms with E-state index in [9.17, 15) is 14.7 Å². The number of aromatic amines is 1. The van der Waals surface area contributed by atoms with Crippen LogP contribution in [-0.4, -0.2) is 61.9 Å². The van der Waals surface area contributed by atoms with Crippen molar-refractivity contribution in [2.24, 2.45) is 5.92 Å². The first-order valence-corrected chi connectivity index (χ1v) is 11.2. The highest BCUT2D eigenvalue weighted by atomic mass is 35.5. The first-order valence-electron chi connectivity index (χ1n) is 10.4. The number of hydrogen-bond acceptors (Lipinski definition) is 8. The molecule has 2 aromatic carbocycles. The van der Waals surface area contributed by atoms with Gasteiger partial charge in [-0.3, -0.25) is 10.2 Å². The van der Waals surface area contributed by atoms with Crippen molar-refractivity contribution < 1.29 is 19.4 Å². The lowest BCUT2D eigenvalue weighted by Gasteiger charge is -2.24. The number of ether oxygens (including phenoxy) is 1. The Labute approximate surface area is 206 Å². The number of hydrazine groups is 1. The van der Waals surface area contributed by atoms with E-state index in [1.807, 2.05) is 38.1 Å². The first-order chi connectivity index (χ1) is 16.2. The zero-order valence-electron chi connectivity index (χ0n) is 18.5. The number of amides is 1. The number of halogens is 2. The van der Waals surface area contributed by atoms with Crippen LogP contribution in [0.1, 0.15) is 30.0 Å². The third-order valence-corrected chi connectivity index (χ3v) is 5.16. The van der Waals surface area contributed by atoms with Crippen molar-refractivity contribution in [2.45, 2.75) is 26.5 Å². The van der Waals surface area contributed by atoms with Gasteiger partial charge < -0.3 is 9.84 Å². The Bertz CT molecular complexity index is 1110. The normalized spacial score (nSPS) is 12.1. The van der Waals surface area contributed by atoms with E-state index in [2.05, 4.69) is 26.0 Å². The average Bonchev–Trinajstić information content (AvgIpc) is 3.35. The second kappa shape index (κ2) is 11.9. The van der Waals surface area contributed by atoms with Crippen molar-refractivity contribution in [3.05, 3.63) is 63.9 Å². The van der Waals surface area contributed by atoms with Crippen LogP contribution in [-0.2, 0) is 16.1 Å². The molecule has 0 aliphatic heterocycles. The summed E-state index contributed by atoms with van der Waals surface area (Å²) in [5.74, 6) is -1.50. The maximum absolute atomic E-state index is 12.4. The summed E-state index contributed by atoms with van der Waals surface area (Å²) in [4.78, 5) is 24.6. The zero-order chi connectivity index (χ0) is 24.7. The van der Waals surface area contributed by atoms with Crippen molar-refractivity contribution in [2.75, 3.05) is 13.2 Å². The topological polar surface area (TPSA) is 133 Å². The second-order valence-corrected chi connectivity index (χ2v) is 8.76. The fourth-order valence-corrected chi connectivity index (χ4v) is 3.36. The summed E-state index contributed by atoms with van der Waals surface area (Å²) in [6.07, 6.45) is -1.48. The maximum Gasteiger partial charge on any atom is 0.336 e. The lowest BCUT2D eigenvalue weighted by molar-refractivity contribution is -0.156. The molecule has 12 heteroatoms. The Morgan fingerprint density at radius 3 is 2.56 bits per heavy atom. The van der Waals surface area contributed by atoms with E-state index in [4.69, 9.17) is 27.9 Å². The molecule has 0 radical (unpaired) electrons. The molecular formula is C22H24Cl2N6O4. The number of hydrogen-bond donors (Lipinski definition) is 3. The molecule has 0 saturated carbocycles. The number of nitrogens with one attached hydrogen (secondary N) is 2. The fourth-order valence-electron chi connectivity index (χ4n) is 2.96. The number of esters is 1. The molecule has 0 spiro atoms. The summed E-state index contributed by atoms with van der Waals surface area (Å²) < 4.78 is 5.09. The van der Waals surface area contributed by atoms with Crippen molar-refractivity contribution >= 4 is 35.1 Å². The first kappa shape index (κ1) is 25.6. The second-order valence-electron chi connectivity index (χ2n) is 7.92. The van der Waals surface area contributed by atoms with Gasteiger partial charge in [0.2, 0.25) is 0 Å². The van der Waals surface area contributed by atoms with E-state index in [1.165, 1.54) is 5.01 Å². The Hall–Kier alpha value is -3.05. The third kappa shape index (κ3) is 7.22. The molecule has 3 aromatic rings. The highest BCUT2D eigenvalue weighted by molar-refractivity contribution is 6.35. The molecule has 3 rings (SSSR count). The van der Waals surface area contributed by atoms with Gasteiger partial charge >= 0.3 is 11.9 Å². The van der Waals surface area contributed by atoms with Gasteiger partial charge in [0, 0.05) is 22.2 Å². The van der Waals surface area contributed by atoms with Gasteiger partial charge in [-0.2, -0.15) is 5.21 Å². The van der Waals surface area contributed by atoms with Crippen molar-refractivity contribution in [1.82, 2.24) is 31.1 Å². The van der Waals surface area contributed by atoms with Crippen molar-refractivity contribution in [3.63, 3.8) is 0 Å². The summed E-state index contributed by atoms with van der Waals surface area (Å²) in [5.41, 5.74) is 5.02. The molecule has 10 nitrogen and oxygen atoms in total. The van der Waals surface area contributed by atoms with E-state index in [1.54, 1.807) is 18.2 Å². The molecule has 1 aromatic heterocycles. The molecule has 0 aliphatic rings. The number of aliphatic hydroxyl groups is 1. The number of H-pyrrole nitrogens is 1. The lowest BCUT2D eigenvalue weighted by Crippen LogP contribution is -2.48. The molecule has 3 N–H and O–H groups in total. The molecule has 0 saturated heterocycles. The summed E-state index contributed by atoms with van der Waals surface area (Å²) in [6, 6.07) is 12.6. The molecule has 0 bridgehead atoms. The summed E-state index contributed by atoms with van der Waals surface area (Å²) >= 11 is 12.4. The largest absolute Gasteiger partial charge is 0.463 e. The van der Waals surface area contributed by atoms with Gasteiger partial charge in [0.05, 0.1) is 13.2 Å². The van der Waals surface area contributed by atoms with E-state index in [0.29, 0.717) is 10.0 Å². The monoisotopic (exact) mass is 506 g/mol. The molecule has 0 unspecified atom stereocenters. The maximum atomic E-state index is 12.4. The van der Waals surface area contributed by atoms with Crippen LogP contribution >= 0.6 is 23.2 Å². The van der Waals surface area contributed by atoms with Crippen LogP contribution in [0.2, 0.25) is 10.0 Å². The van der Waals surface area contributed by atoms with Gasteiger partial charge in [-0.05, 0) is 40.5 Å². The van der Waals surface area contributed by atoms with E-state index in [-0.39, 0.29) is 31.4 Å². The number of carbonyl (C=O) groups excluding carboxylic acids is 2. The number of tetrazole rings is 1. The zero-order valence-corrected chi connectivity index (χ0v) is 20.0. The quantitative estimate of drug-likeness (QED) is 0.282. The smallest absolute Gasteiger partial charge is 0.336 e. The molecule has 1 heterocycles. The molecular weight excluding hydrogens is 483 g/mol. The van der Waals surface area contributed by atoms with E-state index < -0.39 is 18.0 Å². The van der Waals surface area contributed by atoms with Crippen LogP contribution in [0, 0.1) is 5.92 Å². The molecule has 1 atom stereocenters. The average molecular weight is 507 g/mol. The predicted molar refractivity (Wildman–Crippen MR) is 126 cm³/mol. The number of rotatable bonds is 10. The highest BCUT2D eigenvalue weighted by Gasteiger charge is 2.24. The highest BCUT2D eigenvalue weighted by Crippen LogP contribution is 2.30. The molecule has 34 heavy (non-hydrogen) atoms. The standard InChI is InChI=1S/C22H24Cl2N6O4/c1-13(2)12-34-22(33)19(31)11-30(27-21(32)20-25-28-29-26-20)10-14-3-5-15(6-4-14)17-9-16(23)7-8-18(17)24/h3-9,13,19,31H,10-12H2,1-2H3,(H,27,32)(H,25,26,28,29)/t19-/m1/s1. The van der Waals surface area contributed by atoms with Crippen molar-refractivity contribution in [1.29, 1.82) is 0 Å². The Morgan fingerprint density at radius 1 is 1.18 bits per heavy atom. The Morgan fingerprint density at radius 2 is 1.91 bits per heavy atom. The van der Waals surface area contributed by atoms with Crippen LogP contribution < -0.4 is 5.43 Å². The summed E-state index contributed by atoms with van der Waals surface area (Å²) in [7, 11) is 0. The minimum absolute atomic E-state index is 0.122. The third-order valence-electron chi connectivity index (χ3n) is 4.60. The fraction of sp³-hybridized carbons (Fsp3) is 0.318. The molecule has 0 aliphatic carbocycles. The molecule has 0 fully saturated rings. The van der Waals surface area contributed by atoms with Crippen LogP contribution in [0.15, 0.2) is 42.5 Å². The SMILES string of the molecule is CC(C)COC(=O)[C@H](O)CN(Cc1ccc(-c2cc(Cl)ccc2Cl)cc1)NC(=O)c1nn[nH]n1. The van der Waals surface area contributed by atoms with Gasteiger partial charge in [0.1, 0.15) is 0 Å². The number of aliphatic hydroxyl groups excluding tert-OH is 1. The van der Waals surface area contributed by atoms with Gasteiger partial charge in [0.15, 0.2) is 6.10 Å². The predicted octanol–water partition coefficient (Wildman–Crippen LogP) is 2.88. The van der Waals surface area contributed by atoms with Gasteiger partial charge in [0.25, 0.3) is 5.82 Å². The van der Waals surface area contributed by atoms with Crippen LogP contribution in [0.25, 0.3) is 11.1 Å². The van der Waals surface area contributed by atoms with E-state index >= 15 is 0 Å². The van der Waals surface area contributed by atoms with E-state index in [0.717, 1.165) is 16.7 Å². The number of benzene rings is 2. The van der Waals surface area contributed by atoms with Crippen LogP contribution in [0.5, 0.6) is 0 Å². The minimum atomic E-state index is -1.48. The number of carbonyl (C=O) groups is 2. The van der Waals surface area contributed by atoms with Gasteiger partial charge in [-0.1, -0.05) is 61.3 Å². The van der Waals surface area contributed by atoms with Crippen LogP contribution in [0.4, 0.5) is 0 Å². The molecule has 180 valence electrons. The Balaban J connectivity index is 1.74. The van der Waals surface area contributed by atoms with Crippen molar-refractivity contribution in [3.8, 4) is 11.1 Å². The van der Waals surface area contributed by atoms with Gasteiger partial charge in [-0.15, -0.1) is 10.2 Å². The number of nitrogens with zero attached hydrogens (tertiary/aromatic N) is 4. The van der Waals surface area contributed by atoms with Gasteiger partial charge in [-0.25, -0.2) is 9.80 Å². The van der Waals surface area contributed by atoms with Crippen LogP contribution in [0.3, 0.4) is 0 Å². The Kier molecular flexibility index (Phi) is 8.94. The lowest BCUT2D eigenvalue weighted by atomic mass is 10.0. The summed E-state index contributed by atoms with van der Waals surface area (Å²) in [5, 5.41) is 25.7. The summed E-state index contributed by atoms with van der Waals surface area (Å²) in [6.45, 7) is 3.90. The number of aromatic nitrogens is 4.